The standard InChI is InChI=1S/C27H35N3O5S/c1-3-35-27(32)24-12-14-29(15-13-24)26(31)23-8-6-22(7-9-23)20-28-16-18-30(19-17-28)36(33,34)25-10-4-21(2)5-11-25/h4-11,24H,3,12-20H2,1-2H3. The molecule has 2 aromatic carbocycles. The zero-order chi connectivity index (χ0) is 25.7. The van der Waals surface area contributed by atoms with Crippen LogP contribution in [0, 0.1) is 12.8 Å². The number of piperidine rings is 1. The summed E-state index contributed by atoms with van der Waals surface area (Å²) in [5.74, 6) is -0.301. The lowest BCUT2D eigenvalue weighted by Gasteiger charge is -2.34. The van der Waals surface area contributed by atoms with Gasteiger partial charge in [-0.1, -0.05) is 29.8 Å². The number of ether oxygens (including phenoxy) is 1. The van der Waals surface area contributed by atoms with E-state index in [9.17, 15) is 18.0 Å². The van der Waals surface area contributed by atoms with E-state index in [1.54, 1.807) is 28.3 Å². The second kappa shape index (κ2) is 11.5. The number of aryl methyl sites for hydroxylation is 1. The van der Waals surface area contributed by atoms with Crippen molar-refractivity contribution in [3.63, 3.8) is 0 Å². The average Bonchev–Trinajstić information content (AvgIpc) is 2.89. The minimum absolute atomic E-state index is 0.0150. The minimum atomic E-state index is -3.47. The summed E-state index contributed by atoms with van der Waals surface area (Å²) in [6.07, 6.45) is 1.27. The molecule has 36 heavy (non-hydrogen) atoms. The number of hydrogen-bond acceptors (Lipinski definition) is 6. The first-order chi connectivity index (χ1) is 17.3. The Balaban J connectivity index is 1.26. The zero-order valence-electron chi connectivity index (χ0n) is 21.1. The minimum Gasteiger partial charge on any atom is -0.466 e. The normalized spacial score (nSPS) is 18.2. The first-order valence-electron chi connectivity index (χ1n) is 12.6. The summed E-state index contributed by atoms with van der Waals surface area (Å²) in [4.78, 5) is 29.2. The van der Waals surface area contributed by atoms with E-state index in [1.165, 1.54) is 0 Å². The lowest BCUT2D eigenvalue weighted by Crippen LogP contribution is -2.48. The Morgan fingerprint density at radius 3 is 2.08 bits per heavy atom. The fourth-order valence-corrected chi connectivity index (χ4v) is 6.18. The topological polar surface area (TPSA) is 87.2 Å². The molecule has 0 spiro atoms. The lowest BCUT2D eigenvalue weighted by molar-refractivity contribution is -0.149. The molecule has 0 unspecified atom stereocenters. The van der Waals surface area contributed by atoms with Crippen LogP contribution >= 0.6 is 0 Å². The van der Waals surface area contributed by atoms with E-state index in [0.29, 0.717) is 75.7 Å². The Morgan fingerprint density at radius 1 is 0.889 bits per heavy atom. The monoisotopic (exact) mass is 513 g/mol. The van der Waals surface area contributed by atoms with Gasteiger partial charge in [0.05, 0.1) is 17.4 Å². The van der Waals surface area contributed by atoms with Gasteiger partial charge in [0.1, 0.15) is 0 Å². The molecule has 0 aliphatic carbocycles. The highest BCUT2D eigenvalue weighted by Crippen LogP contribution is 2.22. The van der Waals surface area contributed by atoms with Gasteiger partial charge in [0.15, 0.2) is 0 Å². The number of sulfonamides is 1. The Bertz CT molecular complexity index is 1150. The van der Waals surface area contributed by atoms with Crippen LogP contribution in [0.25, 0.3) is 0 Å². The van der Waals surface area contributed by atoms with Crippen LogP contribution in [-0.4, -0.2) is 80.3 Å². The molecule has 2 aromatic rings. The maximum absolute atomic E-state index is 12.9. The number of likely N-dealkylation sites (tertiary alicyclic amines) is 1. The second-order valence-electron chi connectivity index (χ2n) is 9.51. The third-order valence-electron chi connectivity index (χ3n) is 7.00. The van der Waals surface area contributed by atoms with Crippen LogP contribution in [0.2, 0.25) is 0 Å². The van der Waals surface area contributed by atoms with Gasteiger partial charge in [-0.3, -0.25) is 14.5 Å². The van der Waals surface area contributed by atoms with Gasteiger partial charge < -0.3 is 9.64 Å². The van der Waals surface area contributed by atoms with Gasteiger partial charge in [0, 0.05) is 51.4 Å². The molecule has 0 aromatic heterocycles. The maximum atomic E-state index is 12.9. The number of carbonyl (C=O) groups is 2. The third-order valence-corrected chi connectivity index (χ3v) is 8.91. The largest absolute Gasteiger partial charge is 0.466 e. The van der Waals surface area contributed by atoms with Gasteiger partial charge in [-0.25, -0.2) is 8.42 Å². The smallest absolute Gasteiger partial charge is 0.309 e. The zero-order valence-corrected chi connectivity index (χ0v) is 21.9. The van der Waals surface area contributed by atoms with Crippen LogP contribution < -0.4 is 0 Å². The van der Waals surface area contributed by atoms with Gasteiger partial charge in [-0.15, -0.1) is 0 Å². The van der Waals surface area contributed by atoms with Crippen LogP contribution in [-0.2, 0) is 26.1 Å². The molecule has 0 bridgehead atoms. The summed E-state index contributed by atoms with van der Waals surface area (Å²) in [5.41, 5.74) is 2.76. The fraction of sp³-hybridized carbons (Fsp3) is 0.481. The maximum Gasteiger partial charge on any atom is 0.309 e. The molecule has 2 fully saturated rings. The summed E-state index contributed by atoms with van der Waals surface area (Å²) >= 11 is 0. The summed E-state index contributed by atoms with van der Waals surface area (Å²) in [6, 6.07) is 14.6. The number of carbonyl (C=O) groups excluding carboxylic acids is 2. The molecule has 2 aliphatic heterocycles. The van der Waals surface area contributed by atoms with Crippen LogP contribution in [0.15, 0.2) is 53.4 Å². The number of amides is 1. The predicted molar refractivity (Wildman–Crippen MR) is 137 cm³/mol. The lowest BCUT2D eigenvalue weighted by atomic mass is 9.96. The van der Waals surface area contributed by atoms with Crippen molar-refractivity contribution < 1.29 is 22.7 Å². The fourth-order valence-electron chi connectivity index (χ4n) is 4.76. The van der Waals surface area contributed by atoms with Crippen LogP contribution in [0.5, 0.6) is 0 Å². The Morgan fingerprint density at radius 2 is 1.50 bits per heavy atom. The molecule has 0 atom stereocenters. The second-order valence-corrected chi connectivity index (χ2v) is 11.4. The van der Waals surface area contributed by atoms with Gasteiger partial charge >= 0.3 is 5.97 Å². The predicted octanol–water partition coefficient (Wildman–Crippen LogP) is 2.92. The molecule has 0 N–H and O–H groups in total. The van der Waals surface area contributed by atoms with E-state index in [2.05, 4.69) is 4.90 Å². The third kappa shape index (κ3) is 6.14. The highest BCUT2D eigenvalue weighted by molar-refractivity contribution is 7.89. The molecular formula is C27H35N3O5S. The molecule has 2 aliphatic rings. The van der Waals surface area contributed by atoms with Crippen molar-refractivity contribution in [2.24, 2.45) is 5.92 Å². The van der Waals surface area contributed by atoms with Crippen molar-refractivity contribution in [1.82, 2.24) is 14.1 Å². The number of nitrogens with zero attached hydrogens (tertiary/aromatic N) is 3. The number of esters is 1. The molecule has 0 radical (unpaired) electrons. The molecule has 4 rings (SSSR count). The molecule has 2 saturated heterocycles. The highest BCUT2D eigenvalue weighted by atomic mass is 32.2. The van der Waals surface area contributed by atoms with E-state index < -0.39 is 10.0 Å². The number of hydrogen-bond donors (Lipinski definition) is 0. The van der Waals surface area contributed by atoms with E-state index in [1.807, 2.05) is 43.3 Å². The first-order valence-corrected chi connectivity index (χ1v) is 14.1. The van der Waals surface area contributed by atoms with Crippen molar-refractivity contribution in [3.05, 3.63) is 65.2 Å². The van der Waals surface area contributed by atoms with Crippen molar-refractivity contribution >= 4 is 21.9 Å². The average molecular weight is 514 g/mol. The van der Waals surface area contributed by atoms with Crippen molar-refractivity contribution in [1.29, 1.82) is 0 Å². The van der Waals surface area contributed by atoms with Gasteiger partial charge in [-0.2, -0.15) is 4.31 Å². The number of benzene rings is 2. The van der Waals surface area contributed by atoms with E-state index in [4.69, 9.17) is 4.74 Å². The van der Waals surface area contributed by atoms with Crippen molar-refractivity contribution in [2.45, 2.75) is 38.1 Å². The van der Waals surface area contributed by atoms with Gasteiger partial charge in [0.25, 0.3) is 5.91 Å². The number of rotatable bonds is 7. The summed E-state index contributed by atoms with van der Waals surface area (Å²) in [6.45, 7) is 8.15. The Hall–Kier alpha value is -2.75. The Kier molecular flexibility index (Phi) is 8.43. The Labute approximate surface area is 213 Å². The van der Waals surface area contributed by atoms with Crippen LogP contribution in [0.4, 0.5) is 0 Å². The molecule has 8 nitrogen and oxygen atoms in total. The van der Waals surface area contributed by atoms with Crippen LogP contribution in [0.3, 0.4) is 0 Å². The van der Waals surface area contributed by atoms with Crippen LogP contribution in [0.1, 0.15) is 41.3 Å². The SMILES string of the molecule is CCOC(=O)C1CCN(C(=O)c2ccc(CN3CCN(S(=O)(=O)c4ccc(C)cc4)CC3)cc2)CC1. The molecule has 0 saturated carbocycles. The van der Waals surface area contributed by atoms with E-state index in [-0.39, 0.29) is 17.8 Å². The van der Waals surface area contributed by atoms with Crippen molar-refractivity contribution in [3.8, 4) is 0 Å². The summed E-state index contributed by atoms with van der Waals surface area (Å²) < 4.78 is 32.5. The van der Waals surface area contributed by atoms with E-state index >= 15 is 0 Å². The van der Waals surface area contributed by atoms with Crippen molar-refractivity contribution in [2.75, 3.05) is 45.9 Å². The number of piperazine rings is 1. The molecule has 9 heteroatoms. The summed E-state index contributed by atoms with van der Waals surface area (Å²) in [7, 11) is -3.47. The van der Waals surface area contributed by atoms with E-state index in [0.717, 1.165) is 11.1 Å². The molecule has 194 valence electrons. The molecule has 2 heterocycles. The quantitative estimate of drug-likeness (QED) is 0.529. The van der Waals surface area contributed by atoms with Gasteiger partial charge in [0.2, 0.25) is 10.0 Å². The first kappa shape index (κ1) is 26.3. The highest BCUT2D eigenvalue weighted by Gasteiger charge is 2.30. The van der Waals surface area contributed by atoms with Gasteiger partial charge in [-0.05, 0) is 56.5 Å². The molecular weight excluding hydrogens is 478 g/mol. The molecule has 1 amide bonds. The summed E-state index contributed by atoms with van der Waals surface area (Å²) in [5, 5.41) is 0.